The minimum Gasteiger partial charge on any atom is -0.502 e. The van der Waals surface area contributed by atoms with Crippen LogP contribution in [0.2, 0.25) is 0 Å². The Kier molecular flexibility index (Phi) is 5.34. The molecular weight excluding hydrogens is 425 g/mol. The lowest BCUT2D eigenvalue weighted by atomic mass is 9.96. The predicted octanol–water partition coefficient (Wildman–Crippen LogP) is 3.17. The third-order valence-electron chi connectivity index (χ3n) is 5.90. The number of hydrogen-bond acceptors (Lipinski definition) is 5. The molecule has 0 radical (unpaired) electrons. The van der Waals surface area contributed by atoms with Gasteiger partial charge < -0.3 is 14.7 Å². The lowest BCUT2D eigenvalue weighted by Crippen LogP contribution is -2.55. The third kappa shape index (κ3) is 3.63. The summed E-state index contributed by atoms with van der Waals surface area (Å²) in [6, 6.07) is 14.9. The molecule has 1 N–H and O–H groups in total. The van der Waals surface area contributed by atoms with Crippen LogP contribution in [-0.2, 0) is 0 Å². The second kappa shape index (κ2) is 8.46. The summed E-state index contributed by atoms with van der Waals surface area (Å²) in [4.78, 5) is 27.0. The van der Waals surface area contributed by atoms with Crippen molar-refractivity contribution in [2.24, 2.45) is 0 Å². The van der Waals surface area contributed by atoms with Crippen LogP contribution < -0.4 is 15.2 Å². The molecule has 2 aromatic carbocycles. The third-order valence-corrected chi connectivity index (χ3v) is 5.90. The first-order chi connectivity index (χ1) is 16.1. The summed E-state index contributed by atoms with van der Waals surface area (Å²) in [6.45, 7) is 0.733. The van der Waals surface area contributed by atoms with Gasteiger partial charge in [0, 0.05) is 24.4 Å². The van der Waals surface area contributed by atoms with Crippen LogP contribution in [0.25, 0.3) is 0 Å². The fourth-order valence-electron chi connectivity index (χ4n) is 4.35. The normalized spacial score (nSPS) is 18.9. The van der Waals surface area contributed by atoms with Crippen LogP contribution in [0.15, 0.2) is 77.7 Å². The second-order valence-electron chi connectivity index (χ2n) is 7.91. The summed E-state index contributed by atoms with van der Waals surface area (Å²) >= 11 is 0. The van der Waals surface area contributed by atoms with E-state index < -0.39 is 28.9 Å². The number of ether oxygens (including phenoxy) is 1. The molecule has 0 fully saturated rings. The van der Waals surface area contributed by atoms with Crippen LogP contribution in [0.4, 0.5) is 4.39 Å². The fourth-order valence-corrected chi connectivity index (χ4v) is 4.35. The number of aromatic nitrogens is 1. The minimum absolute atomic E-state index is 0.116. The number of aromatic hydroxyl groups is 1. The van der Waals surface area contributed by atoms with Gasteiger partial charge in [0.2, 0.25) is 5.43 Å². The number of carbonyl (C=O) groups excluding carboxylic acids is 1. The Hall–Kier alpha value is -4.07. The van der Waals surface area contributed by atoms with Crippen molar-refractivity contribution in [1.82, 2.24) is 9.58 Å². The van der Waals surface area contributed by atoms with Gasteiger partial charge in [-0.2, -0.15) is 0 Å². The van der Waals surface area contributed by atoms with E-state index in [0.29, 0.717) is 18.5 Å². The highest BCUT2D eigenvalue weighted by Crippen LogP contribution is 2.38. The number of amides is 1. The Bertz CT molecular complexity index is 1290. The van der Waals surface area contributed by atoms with Gasteiger partial charge >= 0.3 is 0 Å². The molecule has 3 aromatic rings. The number of para-hydroxylation sites is 1. The number of hydrogen-bond donors (Lipinski definition) is 1. The lowest BCUT2D eigenvalue weighted by molar-refractivity contribution is 0.0682. The number of carbonyl (C=O) groups is 1. The molecule has 1 atom stereocenters. The van der Waals surface area contributed by atoms with Crippen LogP contribution >= 0.6 is 0 Å². The van der Waals surface area contributed by atoms with E-state index in [1.807, 2.05) is 41.4 Å². The van der Waals surface area contributed by atoms with Crippen LogP contribution in [0.5, 0.6) is 11.5 Å². The molecule has 2 bridgehead atoms. The molecule has 5 rings (SSSR count). The van der Waals surface area contributed by atoms with E-state index in [1.54, 1.807) is 23.1 Å². The highest BCUT2D eigenvalue weighted by molar-refractivity contribution is 5.96. The van der Waals surface area contributed by atoms with E-state index in [1.165, 1.54) is 23.0 Å². The molecular formula is C25H22FN3O4. The van der Waals surface area contributed by atoms with E-state index in [2.05, 4.69) is 0 Å². The highest BCUT2D eigenvalue weighted by Gasteiger charge is 2.37. The highest BCUT2D eigenvalue weighted by atomic mass is 19.1. The van der Waals surface area contributed by atoms with E-state index in [4.69, 9.17) is 4.74 Å². The first-order valence-corrected chi connectivity index (χ1v) is 10.7. The van der Waals surface area contributed by atoms with Crippen LogP contribution in [0.1, 0.15) is 34.1 Å². The molecule has 1 unspecified atom stereocenters. The number of halogens is 1. The van der Waals surface area contributed by atoms with E-state index in [9.17, 15) is 19.1 Å². The Balaban J connectivity index is 1.80. The Morgan fingerprint density at radius 1 is 1.00 bits per heavy atom. The number of nitrogens with zero attached hydrogens (tertiary/aromatic N) is 3. The van der Waals surface area contributed by atoms with Gasteiger partial charge in [0.25, 0.3) is 5.91 Å². The predicted molar refractivity (Wildman–Crippen MR) is 120 cm³/mol. The Labute approximate surface area is 189 Å². The number of rotatable bonds is 1. The number of fused-ring (bicyclic) bond motifs is 5. The maximum Gasteiger partial charge on any atom is 0.277 e. The molecule has 33 heavy (non-hydrogen) atoms. The van der Waals surface area contributed by atoms with Crippen molar-refractivity contribution in [3.05, 3.63) is 106 Å². The molecule has 1 aromatic heterocycles. The zero-order valence-electron chi connectivity index (χ0n) is 17.7. The molecule has 1 amide bonds. The summed E-state index contributed by atoms with van der Waals surface area (Å²) in [5.41, 5.74) is 0.644. The minimum atomic E-state index is -0.636. The molecule has 0 saturated heterocycles. The molecule has 2 aliphatic heterocycles. The lowest BCUT2D eigenvalue weighted by Gasteiger charge is -2.44. The summed E-state index contributed by atoms with van der Waals surface area (Å²) in [5.74, 6) is -1.42. The van der Waals surface area contributed by atoms with Crippen molar-refractivity contribution >= 4 is 5.91 Å². The second-order valence-corrected chi connectivity index (χ2v) is 7.91. The smallest absolute Gasteiger partial charge is 0.277 e. The van der Waals surface area contributed by atoms with E-state index in [0.717, 1.165) is 5.56 Å². The molecule has 2 aliphatic rings. The molecule has 3 heterocycles. The van der Waals surface area contributed by atoms with Gasteiger partial charge in [-0.1, -0.05) is 54.6 Å². The average molecular weight is 447 g/mol. The van der Waals surface area contributed by atoms with E-state index >= 15 is 0 Å². The van der Waals surface area contributed by atoms with Gasteiger partial charge in [-0.3, -0.25) is 19.3 Å². The standard InChI is InChI=1S/C25H22FN3O4/c26-19-11-7-10-18-21(17-8-3-1-4-9-17)29-16-27(13-5-2-6-15-33-24(18)19)25(32)22-23(31)20(30)12-14-28(22)29/h1-4,6-12,14,21,31H,5,13,15-16H2/b6-2+. The fraction of sp³-hybridized carbons (Fsp3) is 0.200. The monoisotopic (exact) mass is 447 g/mol. The maximum absolute atomic E-state index is 15.0. The van der Waals surface area contributed by atoms with Gasteiger partial charge in [-0.15, -0.1) is 0 Å². The van der Waals surface area contributed by atoms with E-state index in [-0.39, 0.29) is 24.7 Å². The van der Waals surface area contributed by atoms with Gasteiger partial charge in [0.1, 0.15) is 19.3 Å². The topological polar surface area (TPSA) is 75.0 Å². The zero-order valence-corrected chi connectivity index (χ0v) is 17.7. The average Bonchev–Trinajstić information content (AvgIpc) is 2.81. The molecule has 0 saturated carbocycles. The quantitative estimate of drug-likeness (QED) is 0.580. The molecule has 0 spiro atoms. The summed E-state index contributed by atoms with van der Waals surface area (Å²) in [6.07, 6.45) is 5.66. The number of pyridine rings is 1. The van der Waals surface area contributed by atoms with Crippen molar-refractivity contribution in [1.29, 1.82) is 0 Å². The Morgan fingerprint density at radius 3 is 2.64 bits per heavy atom. The van der Waals surface area contributed by atoms with Crippen molar-refractivity contribution < 1.29 is 19.0 Å². The molecule has 7 nitrogen and oxygen atoms in total. The van der Waals surface area contributed by atoms with Crippen LogP contribution in [0, 0.1) is 5.82 Å². The van der Waals surface area contributed by atoms with Crippen molar-refractivity contribution in [2.45, 2.75) is 12.5 Å². The summed E-state index contributed by atoms with van der Waals surface area (Å²) < 4.78 is 22.3. The first kappa shape index (κ1) is 20.8. The van der Waals surface area contributed by atoms with Gasteiger partial charge in [0.15, 0.2) is 23.0 Å². The number of benzene rings is 2. The molecule has 168 valence electrons. The van der Waals surface area contributed by atoms with Crippen molar-refractivity contribution in [2.75, 3.05) is 24.8 Å². The summed E-state index contributed by atoms with van der Waals surface area (Å²) in [5, 5.41) is 12.4. The molecule has 0 aliphatic carbocycles. The zero-order chi connectivity index (χ0) is 22.9. The van der Waals surface area contributed by atoms with Crippen molar-refractivity contribution in [3.63, 3.8) is 0 Å². The SMILES string of the molecule is O=C1c2c(O)c(=O)ccn2N2CN1CC/C=C/COc1c(F)cccc1C2c1ccccc1. The summed E-state index contributed by atoms with van der Waals surface area (Å²) in [7, 11) is 0. The van der Waals surface area contributed by atoms with Crippen molar-refractivity contribution in [3.8, 4) is 11.5 Å². The van der Waals surface area contributed by atoms with Gasteiger partial charge in [-0.05, 0) is 18.1 Å². The maximum atomic E-state index is 15.0. The van der Waals surface area contributed by atoms with Gasteiger partial charge in [-0.25, -0.2) is 4.39 Å². The van der Waals surface area contributed by atoms with Gasteiger partial charge in [0.05, 0.1) is 0 Å². The first-order valence-electron chi connectivity index (χ1n) is 10.7. The van der Waals surface area contributed by atoms with Crippen LogP contribution in [-0.4, -0.2) is 40.4 Å². The molecule has 8 heteroatoms. The van der Waals surface area contributed by atoms with Crippen LogP contribution in [0.3, 0.4) is 0 Å². The largest absolute Gasteiger partial charge is 0.502 e. The Morgan fingerprint density at radius 2 is 1.82 bits per heavy atom.